The van der Waals surface area contributed by atoms with Gasteiger partial charge in [-0.2, -0.15) is 0 Å². The SMILES string of the molecule is OC1CCN(c2cc(Nc3cccc(Br)c3)ncn2)C1. The van der Waals surface area contributed by atoms with Crippen molar-refractivity contribution in [2.45, 2.75) is 12.5 Å². The fourth-order valence-corrected chi connectivity index (χ4v) is 2.65. The highest BCUT2D eigenvalue weighted by atomic mass is 79.9. The van der Waals surface area contributed by atoms with Crippen LogP contribution < -0.4 is 10.2 Å². The van der Waals surface area contributed by atoms with E-state index in [1.807, 2.05) is 30.3 Å². The largest absolute Gasteiger partial charge is 0.391 e. The molecule has 0 amide bonds. The summed E-state index contributed by atoms with van der Waals surface area (Å²) < 4.78 is 1.01. The number of benzene rings is 1. The van der Waals surface area contributed by atoms with Gasteiger partial charge in [0.2, 0.25) is 0 Å². The van der Waals surface area contributed by atoms with Crippen molar-refractivity contribution in [2.24, 2.45) is 0 Å². The number of aromatic nitrogens is 2. The van der Waals surface area contributed by atoms with Gasteiger partial charge in [-0.1, -0.05) is 22.0 Å². The van der Waals surface area contributed by atoms with Crippen molar-refractivity contribution in [3.8, 4) is 0 Å². The third kappa shape index (κ3) is 3.08. The highest BCUT2D eigenvalue weighted by Crippen LogP contribution is 2.23. The van der Waals surface area contributed by atoms with Gasteiger partial charge in [0.25, 0.3) is 0 Å². The zero-order valence-corrected chi connectivity index (χ0v) is 12.4. The van der Waals surface area contributed by atoms with Crippen molar-refractivity contribution in [1.82, 2.24) is 9.97 Å². The Morgan fingerprint density at radius 2 is 2.20 bits per heavy atom. The molecule has 0 saturated carbocycles. The molecule has 1 aliphatic heterocycles. The number of aliphatic hydroxyl groups excluding tert-OH is 1. The maximum atomic E-state index is 9.59. The zero-order chi connectivity index (χ0) is 13.9. The summed E-state index contributed by atoms with van der Waals surface area (Å²) in [5.41, 5.74) is 0.963. The summed E-state index contributed by atoms with van der Waals surface area (Å²) in [6, 6.07) is 9.81. The fourth-order valence-electron chi connectivity index (χ4n) is 2.25. The van der Waals surface area contributed by atoms with Crippen molar-refractivity contribution in [2.75, 3.05) is 23.3 Å². The number of anilines is 3. The van der Waals surface area contributed by atoms with Crippen LogP contribution >= 0.6 is 15.9 Å². The van der Waals surface area contributed by atoms with Crippen LogP contribution in [0.5, 0.6) is 0 Å². The average molecular weight is 335 g/mol. The van der Waals surface area contributed by atoms with Crippen LogP contribution in [0.4, 0.5) is 17.3 Å². The van der Waals surface area contributed by atoms with Crippen LogP contribution in [0, 0.1) is 0 Å². The van der Waals surface area contributed by atoms with Crippen molar-refractivity contribution < 1.29 is 5.11 Å². The number of halogens is 1. The number of rotatable bonds is 3. The Kier molecular flexibility index (Phi) is 3.84. The van der Waals surface area contributed by atoms with Crippen LogP contribution in [0.2, 0.25) is 0 Å². The van der Waals surface area contributed by atoms with E-state index in [0.29, 0.717) is 6.54 Å². The number of nitrogens with one attached hydrogen (secondary N) is 1. The number of hydrogen-bond donors (Lipinski definition) is 2. The molecule has 2 N–H and O–H groups in total. The summed E-state index contributed by atoms with van der Waals surface area (Å²) in [6.07, 6.45) is 2.07. The molecule has 6 heteroatoms. The molecule has 0 bridgehead atoms. The minimum atomic E-state index is -0.258. The Balaban J connectivity index is 1.77. The molecule has 1 fully saturated rings. The molecule has 1 atom stereocenters. The molecule has 1 aromatic carbocycles. The highest BCUT2D eigenvalue weighted by molar-refractivity contribution is 9.10. The van der Waals surface area contributed by atoms with Crippen LogP contribution in [0.1, 0.15) is 6.42 Å². The third-order valence-electron chi connectivity index (χ3n) is 3.24. The van der Waals surface area contributed by atoms with E-state index in [2.05, 4.69) is 36.1 Å². The molecule has 5 nitrogen and oxygen atoms in total. The van der Waals surface area contributed by atoms with E-state index in [1.165, 1.54) is 0 Å². The summed E-state index contributed by atoms with van der Waals surface area (Å²) >= 11 is 3.44. The standard InChI is InChI=1S/C14H15BrN4O/c15-10-2-1-3-11(6-10)18-13-7-14(17-9-16-13)19-5-4-12(20)8-19/h1-3,6-7,9,12,20H,4-5,8H2,(H,16,17,18). The Hall–Kier alpha value is -1.66. The first-order chi connectivity index (χ1) is 9.70. The minimum absolute atomic E-state index is 0.258. The van der Waals surface area contributed by atoms with Gasteiger partial charge < -0.3 is 15.3 Å². The number of β-amino-alcohol motifs (C(OH)–C–C–N with tert-alkyl or cyclic N) is 1. The fraction of sp³-hybridized carbons (Fsp3) is 0.286. The van der Waals surface area contributed by atoms with Gasteiger partial charge in [-0.25, -0.2) is 9.97 Å². The molecule has 3 rings (SSSR count). The van der Waals surface area contributed by atoms with E-state index < -0.39 is 0 Å². The van der Waals surface area contributed by atoms with Gasteiger partial charge in [0.1, 0.15) is 18.0 Å². The molecular formula is C14H15BrN4O. The third-order valence-corrected chi connectivity index (χ3v) is 3.73. The van der Waals surface area contributed by atoms with Crippen LogP contribution in [-0.4, -0.2) is 34.3 Å². The van der Waals surface area contributed by atoms with E-state index >= 15 is 0 Å². The number of aliphatic hydroxyl groups is 1. The average Bonchev–Trinajstić information content (AvgIpc) is 2.86. The van der Waals surface area contributed by atoms with Crippen molar-refractivity contribution in [3.63, 3.8) is 0 Å². The number of nitrogens with zero attached hydrogens (tertiary/aromatic N) is 3. The van der Waals surface area contributed by atoms with Crippen molar-refractivity contribution in [3.05, 3.63) is 41.1 Å². The lowest BCUT2D eigenvalue weighted by Crippen LogP contribution is -2.22. The van der Waals surface area contributed by atoms with Crippen molar-refractivity contribution >= 4 is 33.3 Å². The molecule has 2 aromatic rings. The Labute approximate surface area is 125 Å². The summed E-state index contributed by atoms with van der Waals surface area (Å²) in [5.74, 6) is 1.59. The quantitative estimate of drug-likeness (QED) is 0.903. The molecular weight excluding hydrogens is 320 g/mol. The van der Waals surface area contributed by atoms with Crippen LogP contribution in [0.3, 0.4) is 0 Å². The van der Waals surface area contributed by atoms with Crippen LogP contribution in [0.15, 0.2) is 41.1 Å². The highest BCUT2D eigenvalue weighted by Gasteiger charge is 2.21. The molecule has 1 saturated heterocycles. The molecule has 1 aromatic heterocycles. The van der Waals surface area contributed by atoms with Gasteiger partial charge in [-0.15, -0.1) is 0 Å². The molecule has 0 radical (unpaired) electrons. The van der Waals surface area contributed by atoms with Gasteiger partial charge in [0, 0.05) is 29.3 Å². The Bertz CT molecular complexity index is 607. The summed E-state index contributed by atoms with van der Waals surface area (Å²) in [6.45, 7) is 1.46. The Morgan fingerprint density at radius 1 is 1.30 bits per heavy atom. The lowest BCUT2D eigenvalue weighted by atomic mass is 10.3. The first kappa shape index (κ1) is 13.3. The monoisotopic (exact) mass is 334 g/mol. The van der Waals surface area contributed by atoms with Gasteiger partial charge >= 0.3 is 0 Å². The van der Waals surface area contributed by atoms with E-state index in [0.717, 1.165) is 34.8 Å². The second kappa shape index (κ2) is 5.76. The smallest absolute Gasteiger partial charge is 0.135 e. The summed E-state index contributed by atoms with van der Waals surface area (Å²) in [7, 11) is 0. The predicted molar refractivity (Wildman–Crippen MR) is 82.3 cm³/mol. The molecule has 20 heavy (non-hydrogen) atoms. The molecule has 1 aliphatic rings. The van der Waals surface area contributed by atoms with E-state index in [-0.39, 0.29) is 6.10 Å². The molecule has 0 aliphatic carbocycles. The second-order valence-corrected chi connectivity index (χ2v) is 5.70. The topological polar surface area (TPSA) is 61.3 Å². The second-order valence-electron chi connectivity index (χ2n) is 4.79. The molecule has 2 heterocycles. The lowest BCUT2D eigenvalue weighted by molar-refractivity contribution is 0.198. The molecule has 1 unspecified atom stereocenters. The normalized spacial score (nSPS) is 18.3. The van der Waals surface area contributed by atoms with E-state index in [1.54, 1.807) is 6.33 Å². The molecule has 0 spiro atoms. The van der Waals surface area contributed by atoms with Crippen LogP contribution in [0.25, 0.3) is 0 Å². The predicted octanol–water partition coefficient (Wildman–Crippen LogP) is 2.55. The summed E-state index contributed by atoms with van der Waals surface area (Å²) in [4.78, 5) is 10.6. The van der Waals surface area contributed by atoms with Crippen molar-refractivity contribution in [1.29, 1.82) is 0 Å². The first-order valence-corrected chi connectivity index (χ1v) is 7.28. The lowest BCUT2D eigenvalue weighted by Gasteiger charge is -2.17. The maximum absolute atomic E-state index is 9.59. The first-order valence-electron chi connectivity index (χ1n) is 6.48. The maximum Gasteiger partial charge on any atom is 0.135 e. The van der Waals surface area contributed by atoms with Gasteiger partial charge in [-0.05, 0) is 24.6 Å². The minimum Gasteiger partial charge on any atom is -0.391 e. The van der Waals surface area contributed by atoms with E-state index in [4.69, 9.17) is 0 Å². The summed E-state index contributed by atoms with van der Waals surface area (Å²) in [5, 5.41) is 12.8. The van der Waals surface area contributed by atoms with Gasteiger partial charge in [-0.3, -0.25) is 0 Å². The Morgan fingerprint density at radius 3 is 2.95 bits per heavy atom. The number of hydrogen-bond acceptors (Lipinski definition) is 5. The molecule has 104 valence electrons. The zero-order valence-electron chi connectivity index (χ0n) is 10.8. The van der Waals surface area contributed by atoms with Gasteiger partial charge in [0.15, 0.2) is 0 Å². The van der Waals surface area contributed by atoms with Gasteiger partial charge in [0.05, 0.1) is 6.10 Å². The van der Waals surface area contributed by atoms with E-state index in [9.17, 15) is 5.11 Å². The van der Waals surface area contributed by atoms with Crippen LogP contribution in [-0.2, 0) is 0 Å².